The van der Waals surface area contributed by atoms with Gasteiger partial charge in [-0.2, -0.15) is 0 Å². The lowest BCUT2D eigenvalue weighted by Gasteiger charge is -1.90. The lowest BCUT2D eigenvalue weighted by molar-refractivity contribution is 1.02. The quantitative estimate of drug-likeness (QED) is 0.129. The van der Waals surface area contributed by atoms with Crippen molar-refractivity contribution in [2.45, 2.75) is 6.92 Å². The van der Waals surface area contributed by atoms with Gasteiger partial charge in [-0.1, -0.05) is 0 Å². The zero-order valence-corrected chi connectivity index (χ0v) is 3.60. The molecule has 0 aliphatic heterocycles. The van der Waals surface area contributed by atoms with Gasteiger partial charge in [-0.05, 0) is 6.92 Å². The summed E-state index contributed by atoms with van der Waals surface area (Å²) >= 11 is 0. The maximum absolute atomic E-state index is 4.82. The van der Waals surface area contributed by atoms with Crippen LogP contribution in [-0.2, 0) is 0 Å². The van der Waals surface area contributed by atoms with E-state index in [9.17, 15) is 0 Å². The van der Waals surface area contributed by atoms with E-state index in [2.05, 4.69) is 10.3 Å². The molecule has 0 saturated heterocycles. The van der Waals surface area contributed by atoms with E-state index < -0.39 is 0 Å². The molecule has 0 atom stereocenters. The van der Waals surface area contributed by atoms with Crippen molar-refractivity contribution in [1.29, 1.82) is 0 Å². The average Bonchev–Trinajstić information content (AvgIpc) is 1.65. The fraction of sp³-hybridized carbons (Fsp3) is 0.500. The fourth-order valence-electron chi connectivity index (χ4n) is 0.0373. The number of amidine groups is 1. The van der Waals surface area contributed by atoms with Crippen LogP contribution in [0.15, 0.2) is 4.90 Å². The third-order valence-electron chi connectivity index (χ3n) is 0.403. The molecule has 32 valence electrons. The van der Waals surface area contributed by atoms with Crippen molar-refractivity contribution in [3.05, 3.63) is 0 Å². The summed E-state index contributed by atoms with van der Waals surface area (Å²) in [6.07, 6.45) is 0. The molecular formula is C2H6BN3. The van der Waals surface area contributed by atoms with Crippen LogP contribution < -0.4 is 11.3 Å². The van der Waals surface area contributed by atoms with Gasteiger partial charge in [-0.25, -0.2) is 5.84 Å². The summed E-state index contributed by atoms with van der Waals surface area (Å²) in [5.74, 6) is 5.34. The van der Waals surface area contributed by atoms with E-state index in [1.54, 1.807) is 6.92 Å². The highest BCUT2D eigenvalue weighted by atomic mass is 15.2. The molecule has 0 aliphatic rings. The first-order chi connectivity index (χ1) is 2.81. The summed E-state index contributed by atoms with van der Waals surface area (Å²) < 4.78 is 0. The monoisotopic (exact) mass is 83.1 g/mol. The van der Waals surface area contributed by atoms with Gasteiger partial charge < -0.3 is 10.3 Å². The zero-order chi connectivity index (χ0) is 4.99. The van der Waals surface area contributed by atoms with Crippen LogP contribution in [0.1, 0.15) is 6.92 Å². The first-order valence-electron chi connectivity index (χ1n) is 1.52. The topological polar surface area (TPSA) is 50.4 Å². The molecular weight excluding hydrogens is 76.9 g/mol. The number of hydrogen-bond acceptors (Lipinski definition) is 2. The Morgan fingerprint density at radius 2 is 2.50 bits per heavy atom. The Bertz CT molecular complexity index is 59.8. The van der Waals surface area contributed by atoms with Gasteiger partial charge in [0.15, 0.2) is 0 Å². The average molecular weight is 82.9 g/mol. The van der Waals surface area contributed by atoms with Crippen molar-refractivity contribution in [1.82, 2.24) is 5.43 Å². The molecule has 6 heavy (non-hydrogen) atoms. The van der Waals surface area contributed by atoms with Crippen LogP contribution in [0.5, 0.6) is 0 Å². The van der Waals surface area contributed by atoms with Crippen molar-refractivity contribution < 1.29 is 0 Å². The van der Waals surface area contributed by atoms with E-state index in [4.69, 9.17) is 13.8 Å². The molecule has 4 heteroatoms. The number of hydrogen-bond donors (Lipinski definition) is 2. The lowest BCUT2D eigenvalue weighted by atomic mass is 10.4. The van der Waals surface area contributed by atoms with Crippen LogP contribution in [0.2, 0.25) is 0 Å². The smallest absolute Gasteiger partial charge is 0.261 e. The highest BCUT2D eigenvalue weighted by molar-refractivity contribution is 6.11. The van der Waals surface area contributed by atoms with Crippen molar-refractivity contribution >= 4 is 13.8 Å². The third-order valence-corrected chi connectivity index (χ3v) is 0.403. The van der Waals surface area contributed by atoms with Crippen molar-refractivity contribution in [3.63, 3.8) is 0 Å². The Labute approximate surface area is 38.0 Å². The number of nitrogens with two attached hydrogens (primary N) is 1. The van der Waals surface area contributed by atoms with Gasteiger partial charge in [0.2, 0.25) is 0 Å². The Morgan fingerprint density at radius 3 is 2.50 bits per heavy atom. The molecule has 0 spiro atoms. The minimum Gasteiger partial charge on any atom is -0.346 e. The Hall–Kier alpha value is -0.505. The van der Waals surface area contributed by atoms with E-state index in [-0.39, 0.29) is 0 Å². The number of nitrogens with zero attached hydrogens (tertiary/aromatic N) is 1. The molecule has 3 N–H and O–H groups in total. The van der Waals surface area contributed by atoms with E-state index in [1.165, 1.54) is 0 Å². The van der Waals surface area contributed by atoms with Gasteiger partial charge >= 0.3 is 0 Å². The largest absolute Gasteiger partial charge is 0.346 e. The van der Waals surface area contributed by atoms with Gasteiger partial charge in [0.25, 0.3) is 7.98 Å². The molecule has 0 heterocycles. The summed E-state index contributed by atoms with van der Waals surface area (Å²) in [5.41, 5.74) is 2.24. The summed E-state index contributed by atoms with van der Waals surface area (Å²) in [6.45, 7) is 1.67. The van der Waals surface area contributed by atoms with Crippen LogP contribution in [-0.4, -0.2) is 13.8 Å². The summed E-state index contributed by atoms with van der Waals surface area (Å²) in [4.78, 5) is 3.19. The van der Waals surface area contributed by atoms with Gasteiger partial charge in [0, 0.05) is 0 Å². The number of nitrogens with one attached hydrogen (secondary N) is 1. The SMILES string of the molecule is [B]N=C(C)NN. The highest BCUT2D eigenvalue weighted by Crippen LogP contribution is 1.55. The second-order valence-electron chi connectivity index (χ2n) is 0.859. The van der Waals surface area contributed by atoms with Gasteiger partial charge in [0.05, 0.1) is 5.84 Å². The molecule has 0 saturated carbocycles. The predicted molar refractivity (Wildman–Crippen MR) is 26.2 cm³/mol. The molecule has 0 aliphatic carbocycles. The predicted octanol–water partition coefficient (Wildman–Crippen LogP) is -1.05. The van der Waals surface area contributed by atoms with Crippen LogP contribution in [0.3, 0.4) is 0 Å². The van der Waals surface area contributed by atoms with Gasteiger partial charge in [-0.3, -0.25) is 0 Å². The van der Waals surface area contributed by atoms with Crippen LogP contribution in [0.4, 0.5) is 0 Å². The normalized spacial score (nSPS) is 11.3. The first kappa shape index (κ1) is 5.49. The second kappa shape index (κ2) is 2.72. The maximum Gasteiger partial charge on any atom is 0.261 e. The second-order valence-corrected chi connectivity index (χ2v) is 0.859. The molecule has 3 nitrogen and oxygen atoms in total. The van der Waals surface area contributed by atoms with Crippen molar-refractivity contribution in [2.24, 2.45) is 10.7 Å². The molecule has 0 unspecified atom stereocenters. The van der Waals surface area contributed by atoms with E-state index in [1.807, 2.05) is 0 Å². The molecule has 0 bridgehead atoms. The number of hydrazine groups is 1. The Balaban J connectivity index is 3.22. The van der Waals surface area contributed by atoms with Gasteiger partial charge in [0.1, 0.15) is 0 Å². The molecule has 0 aromatic heterocycles. The lowest BCUT2D eigenvalue weighted by Crippen LogP contribution is -2.27. The maximum atomic E-state index is 4.82. The van der Waals surface area contributed by atoms with Crippen molar-refractivity contribution in [2.75, 3.05) is 0 Å². The fourth-order valence-corrected chi connectivity index (χ4v) is 0.0373. The van der Waals surface area contributed by atoms with Crippen LogP contribution in [0, 0.1) is 0 Å². The molecule has 2 radical (unpaired) electrons. The molecule has 0 fully saturated rings. The standard InChI is InChI=1S/C2H6BN3/c1-2(5-3)6-4/h4H2,1H3,(H,5,6). The minimum absolute atomic E-state index is 0.523. The Morgan fingerprint density at radius 1 is 2.00 bits per heavy atom. The molecule has 0 amide bonds. The highest BCUT2D eigenvalue weighted by Gasteiger charge is 1.71. The first-order valence-corrected chi connectivity index (χ1v) is 1.52. The summed E-state index contributed by atoms with van der Waals surface area (Å²) in [7, 11) is 4.73. The Kier molecular flexibility index (Phi) is 2.49. The summed E-state index contributed by atoms with van der Waals surface area (Å²) in [5, 5.41) is 0. The molecule has 0 rings (SSSR count). The zero-order valence-electron chi connectivity index (χ0n) is 3.60. The molecule has 0 aromatic carbocycles. The van der Waals surface area contributed by atoms with E-state index >= 15 is 0 Å². The molecule has 0 aromatic rings. The van der Waals surface area contributed by atoms with Crippen molar-refractivity contribution in [3.8, 4) is 0 Å². The number of rotatable bonds is 0. The van der Waals surface area contributed by atoms with E-state index in [0.29, 0.717) is 5.84 Å². The minimum atomic E-state index is 0.523. The third kappa shape index (κ3) is 1.78. The van der Waals surface area contributed by atoms with Crippen LogP contribution in [0.25, 0.3) is 0 Å². The summed E-state index contributed by atoms with van der Waals surface area (Å²) in [6, 6.07) is 0. The van der Waals surface area contributed by atoms with Crippen LogP contribution >= 0.6 is 0 Å². The van der Waals surface area contributed by atoms with E-state index in [0.717, 1.165) is 0 Å². The van der Waals surface area contributed by atoms with Gasteiger partial charge in [-0.15, -0.1) is 0 Å².